The Hall–Kier alpha value is -1.67. The van der Waals surface area contributed by atoms with Crippen molar-refractivity contribution in [3.63, 3.8) is 0 Å². The molecule has 6 nitrogen and oxygen atoms in total. The molecule has 2 aromatic rings. The van der Waals surface area contributed by atoms with Gasteiger partial charge in [-0.25, -0.2) is 0 Å². The Morgan fingerprint density at radius 2 is 1.92 bits per heavy atom. The van der Waals surface area contributed by atoms with E-state index in [4.69, 9.17) is 9.47 Å². The van der Waals surface area contributed by atoms with Crippen LogP contribution in [-0.4, -0.2) is 29.3 Å². The highest BCUT2D eigenvalue weighted by Crippen LogP contribution is 2.36. The lowest BCUT2D eigenvalue weighted by atomic mass is 10.1. The fourth-order valence-corrected chi connectivity index (χ4v) is 4.15. The van der Waals surface area contributed by atoms with Crippen LogP contribution in [0.1, 0.15) is 43.2 Å². The van der Waals surface area contributed by atoms with Gasteiger partial charge >= 0.3 is 0 Å². The largest absolute Gasteiger partial charge is 0.486 e. The van der Waals surface area contributed by atoms with Crippen LogP contribution in [0.5, 0.6) is 11.5 Å². The average Bonchev–Trinajstić information content (AvgIpc) is 3.05. The molecule has 134 valence electrons. The average molecular weight is 426 g/mol. The number of benzene rings is 1. The van der Waals surface area contributed by atoms with Gasteiger partial charge in [0.1, 0.15) is 18.2 Å². The zero-order valence-corrected chi connectivity index (χ0v) is 16.6. The number of anilines is 1. The van der Waals surface area contributed by atoms with Crippen LogP contribution in [-0.2, 0) is 11.2 Å². The van der Waals surface area contributed by atoms with E-state index >= 15 is 0 Å². The summed E-state index contributed by atoms with van der Waals surface area (Å²) in [7, 11) is 0. The van der Waals surface area contributed by atoms with Crippen molar-refractivity contribution in [2.45, 2.75) is 39.0 Å². The minimum absolute atomic E-state index is 0.135. The molecule has 1 aromatic heterocycles. The Balaban J connectivity index is 1.67. The molecule has 8 heteroatoms. The standard InChI is InChI=1S/C17H20BrN3O3S/c1-3-10(4-2)16-20-21-17(25-16)19-15(22)8-11-7-13-14(9-12(11)18)24-6-5-23-13/h7,9-10H,3-6,8H2,1-2H3,(H,19,21,22). The predicted molar refractivity (Wildman–Crippen MR) is 101 cm³/mol. The normalized spacial score (nSPS) is 13.1. The smallest absolute Gasteiger partial charge is 0.230 e. The number of aromatic nitrogens is 2. The van der Waals surface area contributed by atoms with E-state index in [2.05, 4.69) is 45.3 Å². The number of rotatable bonds is 6. The lowest BCUT2D eigenvalue weighted by Gasteiger charge is -2.19. The number of hydrogen-bond acceptors (Lipinski definition) is 6. The van der Waals surface area contributed by atoms with Gasteiger partial charge in [0.15, 0.2) is 11.5 Å². The third-order valence-corrected chi connectivity index (χ3v) is 5.82. The van der Waals surface area contributed by atoms with Crippen molar-refractivity contribution in [1.29, 1.82) is 0 Å². The fraction of sp³-hybridized carbons (Fsp3) is 0.471. The molecule has 1 aromatic carbocycles. The number of nitrogens with one attached hydrogen (secondary N) is 1. The number of carbonyl (C=O) groups excluding carboxylic acids is 1. The fourth-order valence-electron chi connectivity index (χ4n) is 2.67. The molecule has 1 aliphatic heterocycles. The number of fused-ring (bicyclic) bond motifs is 1. The van der Waals surface area contributed by atoms with Gasteiger partial charge < -0.3 is 14.8 Å². The van der Waals surface area contributed by atoms with E-state index in [0.29, 0.717) is 35.8 Å². The molecule has 0 spiro atoms. The van der Waals surface area contributed by atoms with E-state index < -0.39 is 0 Å². The van der Waals surface area contributed by atoms with Crippen molar-refractivity contribution < 1.29 is 14.3 Å². The summed E-state index contributed by atoms with van der Waals surface area (Å²) in [6, 6.07) is 3.68. The van der Waals surface area contributed by atoms with Gasteiger partial charge in [-0.2, -0.15) is 0 Å². The third-order valence-electron chi connectivity index (χ3n) is 4.08. The summed E-state index contributed by atoms with van der Waals surface area (Å²) in [5, 5.41) is 12.6. The van der Waals surface area contributed by atoms with E-state index in [0.717, 1.165) is 27.9 Å². The monoisotopic (exact) mass is 425 g/mol. The maximum Gasteiger partial charge on any atom is 0.230 e. The van der Waals surface area contributed by atoms with Crippen molar-refractivity contribution in [2.75, 3.05) is 18.5 Å². The summed E-state index contributed by atoms with van der Waals surface area (Å²) in [6.07, 6.45) is 2.25. The first-order valence-electron chi connectivity index (χ1n) is 8.32. The molecule has 3 rings (SSSR count). The van der Waals surface area contributed by atoms with Crippen LogP contribution in [0.4, 0.5) is 5.13 Å². The summed E-state index contributed by atoms with van der Waals surface area (Å²) in [4.78, 5) is 12.4. The maximum atomic E-state index is 12.4. The van der Waals surface area contributed by atoms with Gasteiger partial charge in [0.05, 0.1) is 6.42 Å². The second-order valence-electron chi connectivity index (χ2n) is 5.77. The molecule has 2 heterocycles. The van der Waals surface area contributed by atoms with Gasteiger partial charge in [0, 0.05) is 10.4 Å². The van der Waals surface area contributed by atoms with Gasteiger partial charge in [0.2, 0.25) is 11.0 Å². The summed E-state index contributed by atoms with van der Waals surface area (Å²) in [5.74, 6) is 1.63. The number of carbonyl (C=O) groups is 1. The summed E-state index contributed by atoms with van der Waals surface area (Å²) in [5.41, 5.74) is 0.839. The first kappa shape index (κ1) is 18.1. The number of nitrogens with zero attached hydrogens (tertiary/aromatic N) is 2. The van der Waals surface area contributed by atoms with Crippen molar-refractivity contribution in [3.05, 3.63) is 27.2 Å². The van der Waals surface area contributed by atoms with Crippen molar-refractivity contribution >= 4 is 38.3 Å². The summed E-state index contributed by atoms with van der Waals surface area (Å²) in [6.45, 7) is 5.32. The molecular weight excluding hydrogens is 406 g/mol. The van der Waals surface area contributed by atoms with E-state index in [1.807, 2.05) is 12.1 Å². The zero-order valence-electron chi connectivity index (χ0n) is 14.2. The lowest BCUT2D eigenvalue weighted by molar-refractivity contribution is -0.115. The molecule has 0 saturated heterocycles. The number of ether oxygens (including phenoxy) is 2. The third kappa shape index (κ3) is 4.30. The highest BCUT2D eigenvalue weighted by molar-refractivity contribution is 9.10. The van der Waals surface area contributed by atoms with Gasteiger partial charge in [-0.1, -0.05) is 41.1 Å². The molecule has 1 aliphatic rings. The minimum Gasteiger partial charge on any atom is -0.486 e. The number of amides is 1. The van der Waals surface area contributed by atoms with E-state index in [9.17, 15) is 4.79 Å². The Labute approximate surface area is 159 Å². The molecule has 0 radical (unpaired) electrons. The molecule has 0 bridgehead atoms. The first-order chi connectivity index (χ1) is 12.1. The van der Waals surface area contributed by atoms with Crippen LogP contribution in [0.25, 0.3) is 0 Å². The SMILES string of the molecule is CCC(CC)c1nnc(NC(=O)Cc2cc3c(cc2Br)OCCO3)s1. The van der Waals surface area contributed by atoms with Gasteiger partial charge in [-0.3, -0.25) is 4.79 Å². The van der Waals surface area contributed by atoms with Crippen LogP contribution >= 0.6 is 27.3 Å². The van der Waals surface area contributed by atoms with E-state index in [1.54, 1.807) is 0 Å². The number of hydrogen-bond donors (Lipinski definition) is 1. The molecule has 1 N–H and O–H groups in total. The molecule has 0 unspecified atom stereocenters. The quantitative estimate of drug-likeness (QED) is 0.751. The zero-order chi connectivity index (χ0) is 17.8. The first-order valence-corrected chi connectivity index (χ1v) is 9.92. The maximum absolute atomic E-state index is 12.4. The molecule has 0 fully saturated rings. The highest BCUT2D eigenvalue weighted by atomic mass is 79.9. The van der Waals surface area contributed by atoms with Crippen LogP contribution < -0.4 is 14.8 Å². The van der Waals surface area contributed by atoms with Gasteiger partial charge in [-0.15, -0.1) is 10.2 Å². The second kappa shape index (κ2) is 8.14. The van der Waals surface area contributed by atoms with Crippen molar-refractivity contribution in [1.82, 2.24) is 10.2 Å². The van der Waals surface area contributed by atoms with Gasteiger partial charge in [-0.05, 0) is 30.5 Å². The molecule has 0 aliphatic carbocycles. The van der Waals surface area contributed by atoms with Crippen molar-refractivity contribution in [3.8, 4) is 11.5 Å². The van der Waals surface area contributed by atoms with Crippen molar-refractivity contribution in [2.24, 2.45) is 0 Å². The summed E-state index contributed by atoms with van der Waals surface area (Å²) >= 11 is 4.94. The lowest BCUT2D eigenvalue weighted by Crippen LogP contribution is -2.17. The summed E-state index contributed by atoms with van der Waals surface area (Å²) < 4.78 is 11.9. The second-order valence-corrected chi connectivity index (χ2v) is 7.63. The Kier molecular flexibility index (Phi) is 5.90. The number of halogens is 1. The Morgan fingerprint density at radius 3 is 2.60 bits per heavy atom. The predicted octanol–water partition coefficient (Wildman–Crippen LogP) is 4.16. The van der Waals surface area contributed by atoms with Gasteiger partial charge in [0.25, 0.3) is 0 Å². The highest BCUT2D eigenvalue weighted by Gasteiger charge is 2.18. The molecule has 1 amide bonds. The van der Waals surface area contributed by atoms with Crippen LogP contribution in [0, 0.1) is 0 Å². The topological polar surface area (TPSA) is 73.3 Å². The van der Waals surface area contributed by atoms with E-state index in [1.165, 1.54) is 11.3 Å². The minimum atomic E-state index is -0.135. The van der Waals surface area contributed by atoms with Crippen LogP contribution in [0.3, 0.4) is 0 Å². The Morgan fingerprint density at radius 1 is 1.24 bits per heavy atom. The molecular formula is C17H20BrN3O3S. The van der Waals surface area contributed by atoms with Crippen LogP contribution in [0.2, 0.25) is 0 Å². The molecule has 25 heavy (non-hydrogen) atoms. The van der Waals surface area contributed by atoms with Crippen LogP contribution in [0.15, 0.2) is 16.6 Å². The molecule has 0 atom stereocenters. The Bertz CT molecular complexity index is 762. The van der Waals surface area contributed by atoms with E-state index in [-0.39, 0.29) is 12.3 Å². The molecule has 0 saturated carbocycles.